The highest BCUT2D eigenvalue weighted by atomic mass is 32.2. The van der Waals surface area contributed by atoms with Crippen LogP contribution in [-0.4, -0.2) is 32.1 Å². The molecule has 0 aliphatic rings. The van der Waals surface area contributed by atoms with Crippen molar-refractivity contribution in [1.82, 2.24) is 9.29 Å². The minimum Gasteiger partial charge on any atom is -0.463 e. The van der Waals surface area contributed by atoms with Crippen molar-refractivity contribution in [2.75, 3.05) is 7.11 Å². The molecule has 0 aliphatic carbocycles. The van der Waals surface area contributed by atoms with Crippen LogP contribution in [0.25, 0.3) is 0 Å². The molecule has 0 spiro atoms. The largest absolute Gasteiger partial charge is 0.463 e. The summed E-state index contributed by atoms with van der Waals surface area (Å²) in [6, 6.07) is 4.92. The zero-order valence-corrected chi connectivity index (χ0v) is 15.7. The van der Waals surface area contributed by atoms with E-state index in [1.165, 1.54) is 13.2 Å². The Balaban J connectivity index is 2.11. The molecule has 2 aromatic rings. The molecule has 0 aliphatic heterocycles. The molecule has 25 heavy (non-hydrogen) atoms. The number of carbonyl (C=O) groups is 1. The summed E-state index contributed by atoms with van der Waals surface area (Å²) in [5, 5.41) is 0. The van der Waals surface area contributed by atoms with Gasteiger partial charge in [-0.25, -0.2) is 17.9 Å². The number of methoxy groups -OCH3 is 1. The Kier molecular flexibility index (Phi) is 6.07. The third kappa shape index (κ3) is 4.52. The molecule has 2 aromatic heterocycles. The molecule has 2 rings (SSSR count). The zero-order valence-electron chi connectivity index (χ0n) is 14.9. The van der Waals surface area contributed by atoms with Gasteiger partial charge in [0.25, 0.3) is 0 Å². The molecule has 0 amide bonds. The normalized spacial score (nSPS) is 13.0. The standard InChI is InChI=1S/C17H24N2O5S/c1-5-14-16(11-15(24-14)17(20)23-4)25(21,22)18-12(2)8-9-13-7-6-10-19(13)3/h6-7,10-12,18H,5,8-9H2,1-4H3/t12-/m1/s1. The first-order chi connectivity index (χ1) is 11.8. The van der Waals surface area contributed by atoms with E-state index in [9.17, 15) is 13.2 Å². The van der Waals surface area contributed by atoms with Gasteiger partial charge in [-0.15, -0.1) is 0 Å². The molecular formula is C17H24N2O5S. The molecule has 0 radical (unpaired) electrons. The van der Waals surface area contributed by atoms with E-state index in [2.05, 4.69) is 9.46 Å². The molecule has 0 aromatic carbocycles. The number of aromatic nitrogens is 1. The molecule has 7 nitrogen and oxygen atoms in total. The molecule has 1 atom stereocenters. The molecule has 0 saturated carbocycles. The van der Waals surface area contributed by atoms with Crippen LogP contribution in [0.15, 0.2) is 33.7 Å². The number of ether oxygens (including phenoxy) is 1. The highest BCUT2D eigenvalue weighted by Gasteiger charge is 2.26. The van der Waals surface area contributed by atoms with Gasteiger partial charge in [-0.05, 0) is 31.9 Å². The highest BCUT2D eigenvalue weighted by Crippen LogP contribution is 2.22. The van der Waals surface area contributed by atoms with Crippen LogP contribution in [0.5, 0.6) is 0 Å². The highest BCUT2D eigenvalue weighted by molar-refractivity contribution is 7.89. The van der Waals surface area contributed by atoms with E-state index in [4.69, 9.17) is 4.42 Å². The zero-order chi connectivity index (χ0) is 18.6. The maximum absolute atomic E-state index is 12.6. The SMILES string of the molecule is CCc1oc(C(=O)OC)cc1S(=O)(=O)N[C@H](C)CCc1cccn1C. The van der Waals surface area contributed by atoms with Crippen molar-refractivity contribution < 1.29 is 22.4 Å². The van der Waals surface area contributed by atoms with Crippen molar-refractivity contribution in [2.45, 2.75) is 44.0 Å². The monoisotopic (exact) mass is 368 g/mol. The number of aryl methyl sites for hydroxylation is 3. The van der Waals surface area contributed by atoms with Crippen molar-refractivity contribution in [3.8, 4) is 0 Å². The van der Waals surface area contributed by atoms with Crippen molar-refractivity contribution in [3.05, 3.63) is 41.6 Å². The molecule has 0 fully saturated rings. The summed E-state index contributed by atoms with van der Waals surface area (Å²) in [6.45, 7) is 3.57. The van der Waals surface area contributed by atoms with Crippen LogP contribution in [0, 0.1) is 0 Å². The summed E-state index contributed by atoms with van der Waals surface area (Å²) in [5.74, 6) is -0.577. The van der Waals surface area contributed by atoms with Gasteiger partial charge < -0.3 is 13.7 Å². The van der Waals surface area contributed by atoms with E-state index in [1.54, 1.807) is 6.92 Å². The second-order valence-corrected chi connectivity index (χ2v) is 7.60. The van der Waals surface area contributed by atoms with Crippen molar-refractivity contribution >= 4 is 16.0 Å². The lowest BCUT2D eigenvalue weighted by Gasteiger charge is -2.14. The van der Waals surface area contributed by atoms with E-state index in [0.717, 1.165) is 12.1 Å². The lowest BCUT2D eigenvalue weighted by molar-refractivity contribution is 0.0563. The Hall–Kier alpha value is -2.06. The predicted molar refractivity (Wildman–Crippen MR) is 92.9 cm³/mol. The van der Waals surface area contributed by atoms with Gasteiger partial charge in [-0.2, -0.15) is 0 Å². The summed E-state index contributed by atoms with van der Waals surface area (Å²) < 4.78 is 39.9. The van der Waals surface area contributed by atoms with Gasteiger partial charge in [0.05, 0.1) is 7.11 Å². The first-order valence-electron chi connectivity index (χ1n) is 8.12. The van der Waals surface area contributed by atoms with Gasteiger partial charge in [0, 0.05) is 37.5 Å². The number of nitrogens with zero attached hydrogens (tertiary/aromatic N) is 1. The van der Waals surface area contributed by atoms with E-state index in [-0.39, 0.29) is 22.5 Å². The number of esters is 1. The van der Waals surface area contributed by atoms with Crippen LogP contribution in [0.4, 0.5) is 0 Å². The second-order valence-electron chi connectivity index (χ2n) is 5.91. The fourth-order valence-electron chi connectivity index (χ4n) is 2.59. The van der Waals surface area contributed by atoms with Gasteiger partial charge in [0.15, 0.2) is 0 Å². The lowest BCUT2D eigenvalue weighted by atomic mass is 10.1. The maximum Gasteiger partial charge on any atom is 0.373 e. The van der Waals surface area contributed by atoms with Crippen LogP contribution in [-0.2, 0) is 34.6 Å². The molecule has 138 valence electrons. The molecule has 2 heterocycles. The third-order valence-electron chi connectivity index (χ3n) is 4.01. The Morgan fingerprint density at radius 3 is 2.72 bits per heavy atom. The maximum atomic E-state index is 12.6. The van der Waals surface area contributed by atoms with E-state index < -0.39 is 16.0 Å². The van der Waals surface area contributed by atoms with Gasteiger partial charge >= 0.3 is 5.97 Å². The van der Waals surface area contributed by atoms with Crippen LogP contribution in [0.1, 0.15) is 42.3 Å². The van der Waals surface area contributed by atoms with E-state index >= 15 is 0 Å². The number of rotatable bonds is 8. The van der Waals surface area contributed by atoms with Gasteiger partial charge in [0.2, 0.25) is 15.8 Å². The van der Waals surface area contributed by atoms with Crippen LogP contribution >= 0.6 is 0 Å². The third-order valence-corrected chi connectivity index (χ3v) is 5.65. The summed E-state index contributed by atoms with van der Waals surface area (Å²) in [4.78, 5) is 11.6. The van der Waals surface area contributed by atoms with Crippen molar-refractivity contribution in [2.24, 2.45) is 7.05 Å². The van der Waals surface area contributed by atoms with Gasteiger partial charge in [-0.3, -0.25) is 0 Å². The first kappa shape index (κ1) is 19.3. The molecule has 1 N–H and O–H groups in total. The predicted octanol–water partition coefficient (Wildman–Crippen LogP) is 2.27. The number of hydrogen-bond donors (Lipinski definition) is 1. The number of sulfonamides is 1. The number of nitrogens with one attached hydrogen (secondary N) is 1. The quantitative estimate of drug-likeness (QED) is 0.722. The Labute approximate surface area is 148 Å². The van der Waals surface area contributed by atoms with Crippen molar-refractivity contribution in [1.29, 1.82) is 0 Å². The second kappa shape index (κ2) is 7.88. The van der Waals surface area contributed by atoms with E-state index in [1.807, 2.05) is 36.9 Å². The fourth-order valence-corrected chi connectivity index (χ4v) is 4.12. The van der Waals surface area contributed by atoms with Crippen LogP contribution in [0.3, 0.4) is 0 Å². The molecule has 8 heteroatoms. The minimum atomic E-state index is -3.78. The summed E-state index contributed by atoms with van der Waals surface area (Å²) in [6.07, 6.45) is 3.72. The van der Waals surface area contributed by atoms with Crippen molar-refractivity contribution in [3.63, 3.8) is 0 Å². The molecule has 0 unspecified atom stereocenters. The molecule has 0 bridgehead atoms. The average Bonchev–Trinajstić information content (AvgIpc) is 3.18. The lowest BCUT2D eigenvalue weighted by Crippen LogP contribution is -2.33. The van der Waals surface area contributed by atoms with Crippen LogP contribution < -0.4 is 4.72 Å². The smallest absolute Gasteiger partial charge is 0.373 e. The Bertz CT molecular complexity index is 835. The first-order valence-corrected chi connectivity index (χ1v) is 9.60. The van der Waals surface area contributed by atoms with Crippen LogP contribution in [0.2, 0.25) is 0 Å². The molecule has 0 saturated heterocycles. The summed E-state index contributed by atoms with van der Waals surface area (Å²) in [5.41, 5.74) is 1.14. The average molecular weight is 368 g/mol. The number of furan rings is 1. The van der Waals surface area contributed by atoms with Gasteiger partial charge in [0.1, 0.15) is 10.7 Å². The van der Waals surface area contributed by atoms with E-state index in [0.29, 0.717) is 12.8 Å². The Morgan fingerprint density at radius 1 is 1.44 bits per heavy atom. The molecular weight excluding hydrogens is 344 g/mol. The number of carbonyl (C=O) groups excluding carboxylic acids is 1. The number of hydrogen-bond acceptors (Lipinski definition) is 5. The topological polar surface area (TPSA) is 90.5 Å². The fraction of sp³-hybridized carbons (Fsp3) is 0.471. The minimum absolute atomic E-state index is 0.0129. The van der Waals surface area contributed by atoms with Gasteiger partial charge in [-0.1, -0.05) is 6.92 Å². The summed E-state index contributed by atoms with van der Waals surface area (Å²) in [7, 11) is -0.610. The Morgan fingerprint density at radius 2 is 2.16 bits per heavy atom. The summed E-state index contributed by atoms with van der Waals surface area (Å²) >= 11 is 0.